The molecule has 6 rings (SSSR count). The molecule has 1 aliphatic rings. The molecule has 0 radical (unpaired) electrons. The van der Waals surface area contributed by atoms with Gasteiger partial charge in [0, 0.05) is 55.2 Å². The number of benzene rings is 3. The van der Waals surface area contributed by atoms with Crippen LogP contribution in [0.25, 0.3) is 28.0 Å². The van der Waals surface area contributed by atoms with Crippen LogP contribution in [0, 0.1) is 0 Å². The van der Waals surface area contributed by atoms with Crippen molar-refractivity contribution in [2.45, 2.75) is 6.54 Å². The van der Waals surface area contributed by atoms with Crippen LogP contribution in [0.15, 0.2) is 103 Å². The molecule has 3 aromatic carbocycles. The van der Waals surface area contributed by atoms with Crippen molar-refractivity contribution < 1.29 is 0 Å². The summed E-state index contributed by atoms with van der Waals surface area (Å²) in [6.07, 6.45) is 2.23. The lowest BCUT2D eigenvalue weighted by Crippen LogP contribution is -2.46. The molecule has 174 valence electrons. The fourth-order valence-corrected chi connectivity index (χ4v) is 5.03. The molecule has 0 bridgehead atoms. The summed E-state index contributed by atoms with van der Waals surface area (Å²) in [5.41, 5.74) is 8.00. The number of aromatic nitrogens is 2. The van der Waals surface area contributed by atoms with Gasteiger partial charge in [-0.2, -0.15) is 0 Å². The molecular formula is C30H27ClN4. The number of hydrogen-bond donors (Lipinski definition) is 0. The number of imidazole rings is 1. The maximum Gasteiger partial charge on any atom is 0.137 e. The van der Waals surface area contributed by atoms with Crippen molar-refractivity contribution in [1.82, 2.24) is 14.3 Å². The summed E-state index contributed by atoms with van der Waals surface area (Å²) in [5, 5.41) is 0.738. The molecule has 0 atom stereocenters. The third kappa shape index (κ3) is 4.55. The zero-order chi connectivity index (χ0) is 23.6. The standard InChI is InChI=1S/C30H27ClN4/c31-26-14-11-24(12-15-26)30-28(22-33-17-19-34(20-18-33)27-9-5-2-6-10-27)35-21-25(13-16-29(35)32-30)23-7-3-1-4-8-23/h1-16,21H,17-20,22H2. The maximum absolute atomic E-state index is 6.19. The van der Waals surface area contributed by atoms with Crippen LogP contribution in [0.5, 0.6) is 0 Å². The van der Waals surface area contributed by atoms with Crippen molar-refractivity contribution in [3.63, 3.8) is 0 Å². The molecule has 3 heterocycles. The first-order valence-corrected chi connectivity index (χ1v) is 12.5. The van der Waals surface area contributed by atoms with Gasteiger partial charge in [-0.1, -0.05) is 72.3 Å². The van der Waals surface area contributed by atoms with Crippen LogP contribution in [0.3, 0.4) is 0 Å². The summed E-state index contributed by atoms with van der Waals surface area (Å²) in [6, 6.07) is 33.5. The van der Waals surface area contributed by atoms with Gasteiger partial charge in [-0.05, 0) is 47.5 Å². The Hall–Kier alpha value is -3.60. The van der Waals surface area contributed by atoms with E-state index in [2.05, 4.69) is 105 Å². The van der Waals surface area contributed by atoms with E-state index >= 15 is 0 Å². The first kappa shape index (κ1) is 21.9. The Labute approximate surface area is 211 Å². The van der Waals surface area contributed by atoms with Gasteiger partial charge in [-0.25, -0.2) is 4.98 Å². The molecule has 0 N–H and O–H groups in total. The number of hydrogen-bond acceptors (Lipinski definition) is 3. The Balaban J connectivity index is 1.34. The van der Waals surface area contributed by atoms with E-state index in [4.69, 9.17) is 16.6 Å². The van der Waals surface area contributed by atoms with Crippen LogP contribution < -0.4 is 4.90 Å². The van der Waals surface area contributed by atoms with Gasteiger partial charge in [0.25, 0.3) is 0 Å². The second kappa shape index (κ2) is 9.57. The zero-order valence-electron chi connectivity index (χ0n) is 19.5. The lowest BCUT2D eigenvalue weighted by molar-refractivity contribution is 0.247. The van der Waals surface area contributed by atoms with Crippen LogP contribution in [-0.4, -0.2) is 40.5 Å². The van der Waals surface area contributed by atoms with E-state index in [1.165, 1.54) is 22.5 Å². The van der Waals surface area contributed by atoms with Crippen molar-refractivity contribution in [3.8, 4) is 22.4 Å². The van der Waals surface area contributed by atoms with Crippen LogP contribution in [0.2, 0.25) is 5.02 Å². The van der Waals surface area contributed by atoms with E-state index in [1.807, 2.05) is 12.1 Å². The van der Waals surface area contributed by atoms with Crippen molar-refractivity contribution in [1.29, 1.82) is 0 Å². The summed E-state index contributed by atoms with van der Waals surface area (Å²) in [7, 11) is 0. The molecule has 2 aromatic heterocycles. The van der Waals surface area contributed by atoms with Gasteiger partial charge in [0.1, 0.15) is 5.65 Å². The summed E-state index contributed by atoms with van der Waals surface area (Å²) in [6.45, 7) is 4.92. The number of pyridine rings is 1. The number of fused-ring (bicyclic) bond motifs is 1. The number of halogens is 1. The minimum atomic E-state index is 0.738. The van der Waals surface area contributed by atoms with Gasteiger partial charge in [0.15, 0.2) is 0 Å². The van der Waals surface area contributed by atoms with Crippen LogP contribution >= 0.6 is 11.6 Å². The highest BCUT2D eigenvalue weighted by atomic mass is 35.5. The predicted molar refractivity (Wildman–Crippen MR) is 145 cm³/mol. The first-order chi connectivity index (χ1) is 17.2. The SMILES string of the molecule is Clc1ccc(-c2nc3ccc(-c4ccccc4)cn3c2CN2CCN(c3ccccc3)CC2)cc1. The summed E-state index contributed by atoms with van der Waals surface area (Å²) in [5.74, 6) is 0. The molecule has 0 unspecified atom stereocenters. The monoisotopic (exact) mass is 478 g/mol. The Morgan fingerprint density at radius 3 is 2.03 bits per heavy atom. The maximum atomic E-state index is 6.19. The van der Waals surface area contributed by atoms with Crippen LogP contribution in [-0.2, 0) is 6.54 Å². The highest BCUT2D eigenvalue weighted by molar-refractivity contribution is 6.30. The number of nitrogens with zero attached hydrogens (tertiary/aromatic N) is 4. The van der Waals surface area contributed by atoms with E-state index in [1.54, 1.807) is 0 Å². The normalized spacial score (nSPS) is 14.5. The Bertz CT molecular complexity index is 1420. The summed E-state index contributed by atoms with van der Waals surface area (Å²) in [4.78, 5) is 10.1. The molecule has 1 fully saturated rings. The van der Waals surface area contributed by atoms with Crippen LogP contribution in [0.4, 0.5) is 5.69 Å². The molecule has 0 spiro atoms. The third-order valence-corrected chi connectivity index (χ3v) is 7.06. The van der Waals surface area contributed by atoms with Crippen LogP contribution in [0.1, 0.15) is 5.69 Å². The molecule has 0 aliphatic carbocycles. The lowest BCUT2D eigenvalue weighted by atomic mass is 10.1. The molecule has 1 saturated heterocycles. The Morgan fingerprint density at radius 2 is 1.31 bits per heavy atom. The predicted octanol–water partition coefficient (Wildman–Crippen LogP) is 6.64. The van der Waals surface area contributed by atoms with E-state index in [-0.39, 0.29) is 0 Å². The van der Waals surface area contributed by atoms with Gasteiger partial charge in [-0.3, -0.25) is 4.90 Å². The van der Waals surface area contributed by atoms with Gasteiger partial charge in [0.2, 0.25) is 0 Å². The van der Waals surface area contributed by atoms with Crippen molar-refractivity contribution in [3.05, 3.63) is 114 Å². The summed E-state index contributed by atoms with van der Waals surface area (Å²) >= 11 is 6.19. The average molecular weight is 479 g/mol. The van der Waals surface area contributed by atoms with Gasteiger partial charge in [0.05, 0.1) is 11.4 Å². The first-order valence-electron chi connectivity index (χ1n) is 12.1. The molecule has 35 heavy (non-hydrogen) atoms. The molecule has 0 saturated carbocycles. The van der Waals surface area contributed by atoms with E-state index in [0.717, 1.165) is 54.7 Å². The topological polar surface area (TPSA) is 23.8 Å². The van der Waals surface area contributed by atoms with Gasteiger partial charge < -0.3 is 9.30 Å². The van der Waals surface area contributed by atoms with Crippen molar-refractivity contribution in [2.24, 2.45) is 0 Å². The number of rotatable bonds is 5. The second-order valence-electron chi connectivity index (χ2n) is 9.02. The minimum absolute atomic E-state index is 0.738. The largest absolute Gasteiger partial charge is 0.369 e. The molecule has 4 nitrogen and oxygen atoms in total. The van der Waals surface area contributed by atoms with E-state index < -0.39 is 0 Å². The second-order valence-corrected chi connectivity index (χ2v) is 9.46. The smallest absolute Gasteiger partial charge is 0.137 e. The number of anilines is 1. The van der Waals surface area contributed by atoms with Gasteiger partial charge >= 0.3 is 0 Å². The highest BCUT2D eigenvalue weighted by Crippen LogP contribution is 2.29. The third-order valence-electron chi connectivity index (χ3n) is 6.81. The lowest BCUT2D eigenvalue weighted by Gasteiger charge is -2.36. The number of piperazine rings is 1. The van der Waals surface area contributed by atoms with Crippen molar-refractivity contribution >= 4 is 22.9 Å². The molecule has 1 aliphatic heterocycles. The van der Waals surface area contributed by atoms with E-state index in [0.29, 0.717) is 0 Å². The highest BCUT2D eigenvalue weighted by Gasteiger charge is 2.22. The van der Waals surface area contributed by atoms with Gasteiger partial charge in [-0.15, -0.1) is 0 Å². The quantitative estimate of drug-likeness (QED) is 0.283. The molecule has 5 heteroatoms. The summed E-state index contributed by atoms with van der Waals surface area (Å²) < 4.78 is 2.27. The zero-order valence-corrected chi connectivity index (χ0v) is 20.3. The average Bonchev–Trinajstić information content (AvgIpc) is 3.28. The minimum Gasteiger partial charge on any atom is -0.369 e. The fraction of sp³-hybridized carbons (Fsp3) is 0.167. The Kier molecular flexibility index (Phi) is 5.99. The fourth-order valence-electron chi connectivity index (χ4n) is 4.90. The number of para-hydroxylation sites is 1. The van der Waals surface area contributed by atoms with Crippen molar-refractivity contribution in [2.75, 3.05) is 31.1 Å². The molecular weight excluding hydrogens is 452 g/mol. The van der Waals surface area contributed by atoms with E-state index in [9.17, 15) is 0 Å². The molecule has 0 amide bonds. The Morgan fingerprint density at radius 1 is 0.657 bits per heavy atom. The molecule has 5 aromatic rings.